The van der Waals surface area contributed by atoms with Crippen molar-refractivity contribution in [3.8, 4) is 5.75 Å². The Morgan fingerprint density at radius 3 is 2.32 bits per heavy atom. The second kappa shape index (κ2) is 9.59. The summed E-state index contributed by atoms with van der Waals surface area (Å²) in [5, 5.41) is 6.42. The number of hydrogen-bond donors (Lipinski definition) is 1. The van der Waals surface area contributed by atoms with Gasteiger partial charge < -0.3 is 10.1 Å². The molecule has 1 unspecified atom stereocenters. The quantitative estimate of drug-likeness (QED) is 0.406. The van der Waals surface area contributed by atoms with E-state index in [0.717, 1.165) is 4.68 Å². The summed E-state index contributed by atoms with van der Waals surface area (Å²) in [6.45, 7) is 2.76. The van der Waals surface area contributed by atoms with Crippen LogP contribution in [0.15, 0.2) is 56.7 Å². The molecule has 0 spiro atoms. The number of rotatable bonds is 6. The van der Waals surface area contributed by atoms with Gasteiger partial charge in [0.05, 0.1) is 27.1 Å². The van der Waals surface area contributed by atoms with Crippen LogP contribution in [-0.2, 0) is 20.8 Å². The highest BCUT2D eigenvalue weighted by Gasteiger charge is 2.39. The third kappa shape index (κ3) is 5.23. The number of nitrogens with zero attached hydrogens (tertiary/aromatic N) is 2. The number of anilines is 1. The van der Waals surface area contributed by atoms with E-state index in [1.165, 1.54) is 63.4 Å². The van der Waals surface area contributed by atoms with E-state index in [0.29, 0.717) is 5.02 Å². The number of amides is 1. The van der Waals surface area contributed by atoms with Crippen molar-refractivity contribution < 1.29 is 31.1 Å². The first kappa shape index (κ1) is 26.0. The van der Waals surface area contributed by atoms with Crippen LogP contribution in [0, 0.1) is 6.92 Å². The minimum atomic E-state index is -4.71. The summed E-state index contributed by atoms with van der Waals surface area (Å²) in [7, 11) is -2.66. The summed E-state index contributed by atoms with van der Waals surface area (Å²) < 4.78 is 71.4. The first-order valence-electron chi connectivity index (χ1n) is 9.58. The lowest BCUT2D eigenvalue weighted by Crippen LogP contribution is -2.25. The minimum Gasteiger partial charge on any atom is -0.497 e. The van der Waals surface area contributed by atoms with E-state index in [1.807, 2.05) is 0 Å². The monoisotopic (exact) mass is 579 g/mol. The number of methoxy groups -OCH3 is 1. The normalized spacial score (nSPS) is 12.9. The van der Waals surface area contributed by atoms with Gasteiger partial charge in [0.25, 0.3) is 0 Å². The SMILES string of the molecule is COc1cc(NC(=O)C(C)n2nc(C(F)(F)F)c(Br)c2C)cc(S(=O)(=O)c2ccc(Cl)cc2)c1. The van der Waals surface area contributed by atoms with E-state index in [-0.39, 0.29) is 31.4 Å². The Balaban J connectivity index is 1.94. The van der Waals surface area contributed by atoms with Crippen LogP contribution in [0.2, 0.25) is 5.02 Å². The molecule has 1 heterocycles. The molecule has 0 saturated heterocycles. The van der Waals surface area contributed by atoms with Gasteiger partial charge in [0, 0.05) is 16.8 Å². The molecule has 1 N–H and O–H groups in total. The Morgan fingerprint density at radius 2 is 1.79 bits per heavy atom. The Hall–Kier alpha value is -2.57. The van der Waals surface area contributed by atoms with E-state index >= 15 is 0 Å². The minimum absolute atomic E-state index is 0.0208. The molecule has 3 rings (SSSR count). The van der Waals surface area contributed by atoms with E-state index in [1.54, 1.807) is 0 Å². The average molecular weight is 581 g/mol. The molecule has 0 aliphatic rings. The third-order valence-electron chi connectivity index (χ3n) is 4.91. The summed E-state index contributed by atoms with van der Waals surface area (Å²) in [4.78, 5) is 12.7. The van der Waals surface area contributed by atoms with Crippen LogP contribution >= 0.6 is 27.5 Å². The van der Waals surface area contributed by atoms with Crippen molar-refractivity contribution in [1.82, 2.24) is 9.78 Å². The molecule has 0 aliphatic carbocycles. The Labute approximate surface area is 206 Å². The second-order valence-corrected chi connectivity index (χ2v) is 10.4. The van der Waals surface area contributed by atoms with Gasteiger partial charge in [0.1, 0.15) is 11.8 Å². The van der Waals surface area contributed by atoms with Crippen LogP contribution < -0.4 is 10.1 Å². The number of carbonyl (C=O) groups excluding carboxylic acids is 1. The highest BCUT2D eigenvalue weighted by atomic mass is 79.9. The predicted molar refractivity (Wildman–Crippen MR) is 123 cm³/mol. The first-order valence-corrected chi connectivity index (χ1v) is 12.2. The van der Waals surface area contributed by atoms with E-state index in [4.69, 9.17) is 16.3 Å². The topological polar surface area (TPSA) is 90.3 Å². The predicted octanol–water partition coefficient (Wildman–Crippen LogP) is 5.67. The molecule has 1 aromatic heterocycles. The number of ether oxygens (including phenoxy) is 1. The van der Waals surface area contributed by atoms with Gasteiger partial charge >= 0.3 is 6.18 Å². The molecule has 0 bridgehead atoms. The number of hydrogen-bond acceptors (Lipinski definition) is 5. The van der Waals surface area contributed by atoms with Crippen LogP contribution in [-0.4, -0.2) is 31.2 Å². The van der Waals surface area contributed by atoms with E-state index in [2.05, 4.69) is 26.3 Å². The maximum absolute atomic E-state index is 13.2. The maximum atomic E-state index is 13.2. The second-order valence-electron chi connectivity index (χ2n) is 7.21. The van der Waals surface area contributed by atoms with Crippen molar-refractivity contribution in [2.75, 3.05) is 12.4 Å². The van der Waals surface area contributed by atoms with Crippen LogP contribution in [0.3, 0.4) is 0 Å². The van der Waals surface area contributed by atoms with Gasteiger partial charge in [-0.1, -0.05) is 11.6 Å². The van der Waals surface area contributed by atoms with Gasteiger partial charge in [-0.2, -0.15) is 18.3 Å². The molecule has 13 heteroatoms. The number of sulfone groups is 1. The van der Waals surface area contributed by atoms with Crippen LogP contribution in [0.4, 0.5) is 18.9 Å². The summed E-state index contributed by atoms with van der Waals surface area (Å²) in [6, 6.07) is 8.30. The lowest BCUT2D eigenvalue weighted by Gasteiger charge is -2.16. The van der Waals surface area contributed by atoms with Gasteiger partial charge in [-0.25, -0.2) is 8.42 Å². The van der Waals surface area contributed by atoms with Gasteiger partial charge in [-0.15, -0.1) is 0 Å². The largest absolute Gasteiger partial charge is 0.497 e. The van der Waals surface area contributed by atoms with Crippen LogP contribution in [0.1, 0.15) is 24.4 Å². The number of carbonyl (C=O) groups is 1. The molecule has 7 nitrogen and oxygen atoms in total. The molecule has 0 aliphatic heterocycles. The summed E-state index contributed by atoms with van der Waals surface area (Å²) >= 11 is 8.70. The number of nitrogens with one attached hydrogen (secondary N) is 1. The van der Waals surface area contributed by atoms with Crippen molar-refractivity contribution in [2.24, 2.45) is 0 Å². The van der Waals surface area contributed by atoms with Crippen molar-refractivity contribution in [3.63, 3.8) is 0 Å². The smallest absolute Gasteiger partial charge is 0.436 e. The highest BCUT2D eigenvalue weighted by molar-refractivity contribution is 9.10. The zero-order chi connectivity index (χ0) is 25.4. The molecular weight excluding hydrogens is 563 g/mol. The maximum Gasteiger partial charge on any atom is 0.436 e. The first-order chi connectivity index (χ1) is 15.8. The average Bonchev–Trinajstić information content (AvgIpc) is 3.08. The molecule has 34 heavy (non-hydrogen) atoms. The van der Waals surface area contributed by atoms with Gasteiger partial charge in [-0.3, -0.25) is 9.48 Å². The summed E-state index contributed by atoms with van der Waals surface area (Å²) in [5.41, 5.74) is -0.974. The van der Waals surface area contributed by atoms with E-state index < -0.39 is 33.7 Å². The van der Waals surface area contributed by atoms with Gasteiger partial charge in [0.15, 0.2) is 5.69 Å². The Kier molecular flexibility index (Phi) is 7.34. The fourth-order valence-corrected chi connectivity index (χ4v) is 5.01. The number of benzene rings is 2. The standard InChI is InChI=1S/C21H18BrClF3N3O4S/c1-11-18(22)19(21(24,25)26)28-29(11)12(2)20(30)27-14-8-15(33-3)10-17(9-14)34(31,32)16-6-4-13(23)5-7-16/h4-10,12H,1-3H3,(H,27,30). The van der Waals surface area contributed by atoms with Gasteiger partial charge in [-0.05, 0) is 66.2 Å². The van der Waals surface area contributed by atoms with E-state index in [9.17, 15) is 26.4 Å². The highest BCUT2D eigenvalue weighted by Crippen LogP contribution is 2.36. The molecule has 0 saturated carbocycles. The summed E-state index contributed by atoms with van der Waals surface area (Å²) in [5.74, 6) is -0.565. The van der Waals surface area contributed by atoms with Crippen molar-refractivity contribution in [3.05, 3.63) is 63.3 Å². The molecule has 1 amide bonds. The fraction of sp³-hybridized carbons (Fsp3) is 0.238. The number of alkyl halides is 3. The molecule has 2 aromatic carbocycles. The lowest BCUT2D eigenvalue weighted by atomic mass is 10.2. The molecule has 1 atom stereocenters. The third-order valence-corrected chi connectivity index (χ3v) is 7.86. The van der Waals surface area contributed by atoms with Crippen LogP contribution in [0.25, 0.3) is 0 Å². The van der Waals surface area contributed by atoms with Gasteiger partial charge in [0.2, 0.25) is 15.7 Å². The molecular formula is C21H18BrClF3N3O4S. The zero-order valence-electron chi connectivity index (χ0n) is 17.9. The fourth-order valence-electron chi connectivity index (χ4n) is 3.08. The van der Waals surface area contributed by atoms with Crippen molar-refractivity contribution in [2.45, 2.75) is 35.9 Å². The molecule has 0 fully saturated rings. The number of aromatic nitrogens is 2. The van der Waals surface area contributed by atoms with Crippen molar-refractivity contribution in [1.29, 1.82) is 0 Å². The summed E-state index contributed by atoms with van der Waals surface area (Å²) in [6.07, 6.45) is -4.71. The zero-order valence-corrected chi connectivity index (χ0v) is 21.1. The number of halogens is 5. The Morgan fingerprint density at radius 1 is 1.18 bits per heavy atom. The van der Waals surface area contributed by atoms with Crippen molar-refractivity contribution >= 4 is 49.0 Å². The lowest BCUT2D eigenvalue weighted by molar-refractivity contribution is -0.142. The molecule has 182 valence electrons. The molecule has 3 aromatic rings. The molecule has 0 radical (unpaired) electrons. The van der Waals surface area contributed by atoms with Crippen LogP contribution in [0.5, 0.6) is 5.75 Å². The Bertz CT molecular complexity index is 1340.